The Morgan fingerprint density at radius 2 is 1.96 bits per heavy atom. The average molecular weight is 328 g/mol. The molecule has 1 saturated heterocycles. The summed E-state index contributed by atoms with van der Waals surface area (Å²) >= 11 is 0. The van der Waals surface area contributed by atoms with Crippen molar-refractivity contribution in [3.05, 3.63) is 42.5 Å². The molecule has 1 heterocycles. The molecule has 0 spiro atoms. The van der Waals surface area contributed by atoms with Gasteiger partial charge in [-0.1, -0.05) is 30.3 Å². The van der Waals surface area contributed by atoms with Crippen LogP contribution in [0, 0.1) is 0 Å². The Morgan fingerprint density at radius 3 is 2.71 bits per heavy atom. The van der Waals surface area contributed by atoms with Crippen LogP contribution in [-0.4, -0.2) is 30.6 Å². The number of nitrogens with one attached hydrogen (secondary N) is 2. The maximum Gasteiger partial charge on any atom is 0.279 e. The molecule has 0 radical (unpaired) electrons. The van der Waals surface area contributed by atoms with Gasteiger partial charge in [0.05, 0.1) is 0 Å². The van der Waals surface area contributed by atoms with Crippen LogP contribution in [0.15, 0.2) is 42.5 Å². The number of carbonyl (C=O) groups is 2. The molecule has 24 heavy (non-hydrogen) atoms. The number of rotatable bonds is 4. The Morgan fingerprint density at radius 1 is 1.17 bits per heavy atom. The summed E-state index contributed by atoms with van der Waals surface area (Å²) < 4.78 is 10.9. The van der Waals surface area contributed by atoms with Gasteiger partial charge in [-0.2, -0.15) is 0 Å². The predicted octanol–water partition coefficient (Wildman–Crippen LogP) is 1.93. The van der Waals surface area contributed by atoms with Gasteiger partial charge in [0.15, 0.2) is 6.10 Å². The zero-order chi connectivity index (χ0) is 16.9. The third-order valence-corrected chi connectivity index (χ3v) is 3.93. The molecule has 0 aliphatic carbocycles. The van der Waals surface area contributed by atoms with Crippen LogP contribution in [0.5, 0.6) is 5.75 Å². The molecule has 126 valence electrons. The summed E-state index contributed by atoms with van der Waals surface area (Å²) in [5.74, 6) is -0.157. The molecule has 3 rings (SSSR count). The molecular weight excluding hydrogens is 308 g/mol. The monoisotopic (exact) mass is 328 g/mol. The number of hydrogen-bond donors (Lipinski definition) is 2. The molecule has 0 bridgehead atoms. The van der Waals surface area contributed by atoms with Crippen LogP contribution in [0.1, 0.15) is 19.8 Å². The van der Waals surface area contributed by atoms with Crippen LogP contribution in [0.25, 0.3) is 10.8 Å². The van der Waals surface area contributed by atoms with E-state index in [9.17, 15) is 9.59 Å². The normalized spacial score (nSPS) is 18.1. The Bertz CT molecular complexity index is 741. The van der Waals surface area contributed by atoms with Gasteiger partial charge < -0.3 is 9.47 Å². The van der Waals surface area contributed by atoms with Crippen molar-refractivity contribution >= 4 is 22.6 Å². The van der Waals surface area contributed by atoms with Crippen LogP contribution in [0.3, 0.4) is 0 Å². The average Bonchev–Trinajstić information content (AvgIpc) is 3.14. The Balaban J connectivity index is 1.53. The molecule has 2 atom stereocenters. The van der Waals surface area contributed by atoms with E-state index in [-0.39, 0.29) is 5.91 Å². The molecule has 6 heteroatoms. The van der Waals surface area contributed by atoms with Crippen molar-refractivity contribution in [3.63, 3.8) is 0 Å². The maximum atomic E-state index is 12.0. The van der Waals surface area contributed by atoms with E-state index in [1.54, 1.807) is 6.92 Å². The van der Waals surface area contributed by atoms with Gasteiger partial charge in [-0.3, -0.25) is 20.4 Å². The molecule has 1 fully saturated rings. The van der Waals surface area contributed by atoms with E-state index >= 15 is 0 Å². The SMILES string of the molecule is CC(Oc1ccc2ccccc2c1)C(=O)NNC(=O)C1CCCO1. The summed E-state index contributed by atoms with van der Waals surface area (Å²) in [6.07, 6.45) is 0.302. The molecule has 0 saturated carbocycles. The highest BCUT2D eigenvalue weighted by Crippen LogP contribution is 2.21. The Kier molecular flexibility index (Phi) is 4.96. The molecule has 2 aromatic carbocycles. The van der Waals surface area contributed by atoms with E-state index in [2.05, 4.69) is 10.9 Å². The van der Waals surface area contributed by atoms with Gasteiger partial charge in [0.2, 0.25) is 0 Å². The summed E-state index contributed by atoms with van der Waals surface area (Å²) in [5, 5.41) is 2.14. The summed E-state index contributed by atoms with van der Waals surface area (Å²) in [6.45, 7) is 2.20. The van der Waals surface area contributed by atoms with Gasteiger partial charge in [-0.25, -0.2) is 0 Å². The van der Waals surface area contributed by atoms with Crippen molar-refractivity contribution in [2.24, 2.45) is 0 Å². The number of hydrazine groups is 1. The standard InChI is InChI=1S/C18H20N2O4/c1-12(17(21)19-20-18(22)16-7-4-10-23-16)24-15-9-8-13-5-2-3-6-14(13)11-15/h2-3,5-6,8-9,11-12,16H,4,7,10H2,1H3,(H,19,21)(H,20,22). The highest BCUT2D eigenvalue weighted by molar-refractivity contribution is 5.87. The van der Waals surface area contributed by atoms with Gasteiger partial charge in [0.1, 0.15) is 11.9 Å². The molecule has 2 unspecified atom stereocenters. The first-order valence-electron chi connectivity index (χ1n) is 8.00. The van der Waals surface area contributed by atoms with E-state index in [4.69, 9.17) is 9.47 Å². The Labute approximate surface area is 140 Å². The van der Waals surface area contributed by atoms with Crippen molar-refractivity contribution in [1.82, 2.24) is 10.9 Å². The first-order chi connectivity index (χ1) is 11.6. The summed E-state index contributed by atoms with van der Waals surface area (Å²) in [5.41, 5.74) is 4.75. The van der Waals surface area contributed by atoms with E-state index in [1.165, 1.54) is 0 Å². The third kappa shape index (κ3) is 3.83. The van der Waals surface area contributed by atoms with Gasteiger partial charge in [0, 0.05) is 6.61 Å². The Hall–Kier alpha value is -2.60. The van der Waals surface area contributed by atoms with Crippen LogP contribution >= 0.6 is 0 Å². The lowest BCUT2D eigenvalue weighted by atomic mass is 10.1. The molecule has 2 N–H and O–H groups in total. The minimum absolute atomic E-state index is 0.334. The van der Waals surface area contributed by atoms with Gasteiger partial charge in [0.25, 0.3) is 11.8 Å². The predicted molar refractivity (Wildman–Crippen MR) is 89.3 cm³/mol. The summed E-state index contributed by atoms with van der Waals surface area (Å²) in [4.78, 5) is 23.8. The van der Waals surface area contributed by atoms with Crippen LogP contribution < -0.4 is 15.6 Å². The number of fused-ring (bicyclic) bond motifs is 1. The molecule has 1 aliphatic rings. The number of amides is 2. The molecule has 2 amide bonds. The van der Waals surface area contributed by atoms with Crippen molar-refractivity contribution in [1.29, 1.82) is 0 Å². The molecule has 1 aliphatic heterocycles. The lowest BCUT2D eigenvalue weighted by Crippen LogP contribution is -2.50. The van der Waals surface area contributed by atoms with Crippen molar-refractivity contribution in [2.45, 2.75) is 32.0 Å². The number of ether oxygens (including phenoxy) is 2. The smallest absolute Gasteiger partial charge is 0.279 e. The number of hydrogen-bond acceptors (Lipinski definition) is 4. The molecule has 6 nitrogen and oxygen atoms in total. The second-order valence-corrected chi connectivity index (χ2v) is 5.75. The second kappa shape index (κ2) is 7.31. The minimum Gasteiger partial charge on any atom is -0.481 e. The zero-order valence-corrected chi connectivity index (χ0v) is 13.5. The van der Waals surface area contributed by atoms with Gasteiger partial charge in [-0.15, -0.1) is 0 Å². The van der Waals surface area contributed by atoms with E-state index in [1.807, 2.05) is 42.5 Å². The lowest BCUT2D eigenvalue weighted by Gasteiger charge is -2.16. The number of carbonyl (C=O) groups excluding carboxylic acids is 2. The molecular formula is C18H20N2O4. The van der Waals surface area contributed by atoms with Crippen molar-refractivity contribution in [2.75, 3.05) is 6.61 Å². The van der Waals surface area contributed by atoms with Crippen LogP contribution in [0.2, 0.25) is 0 Å². The van der Waals surface area contributed by atoms with Crippen LogP contribution in [-0.2, 0) is 14.3 Å². The van der Waals surface area contributed by atoms with Crippen molar-refractivity contribution < 1.29 is 19.1 Å². The second-order valence-electron chi connectivity index (χ2n) is 5.75. The van der Waals surface area contributed by atoms with E-state index < -0.39 is 18.1 Å². The first kappa shape index (κ1) is 16.3. The molecule has 0 aromatic heterocycles. The summed E-state index contributed by atoms with van der Waals surface area (Å²) in [7, 11) is 0. The fourth-order valence-electron chi connectivity index (χ4n) is 2.59. The topological polar surface area (TPSA) is 76.7 Å². The van der Waals surface area contributed by atoms with E-state index in [0.717, 1.165) is 17.2 Å². The maximum absolute atomic E-state index is 12.0. The summed E-state index contributed by atoms with van der Waals surface area (Å²) in [6, 6.07) is 13.5. The highest BCUT2D eigenvalue weighted by Gasteiger charge is 2.24. The van der Waals surface area contributed by atoms with Gasteiger partial charge in [-0.05, 0) is 42.7 Å². The zero-order valence-electron chi connectivity index (χ0n) is 13.5. The fourth-order valence-corrected chi connectivity index (χ4v) is 2.59. The minimum atomic E-state index is -0.740. The largest absolute Gasteiger partial charge is 0.481 e. The quantitative estimate of drug-likeness (QED) is 0.841. The van der Waals surface area contributed by atoms with Gasteiger partial charge >= 0.3 is 0 Å². The van der Waals surface area contributed by atoms with E-state index in [0.29, 0.717) is 18.8 Å². The highest BCUT2D eigenvalue weighted by atomic mass is 16.5. The number of benzene rings is 2. The van der Waals surface area contributed by atoms with Crippen LogP contribution in [0.4, 0.5) is 0 Å². The third-order valence-electron chi connectivity index (χ3n) is 3.93. The fraction of sp³-hybridized carbons (Fsp3) is 0.333. The lowest BCUT2D eigenvalue weighted by molar-refractivity contribution is -0.136. The molecule has 2 aromatic rings. The van der Waals surface area contributed by atoms with Crippen molar-refractivity contribution in [3.8, 4) is 5.75 Å². The first-order valence-corrected chi connectivity index (χ1v) is 8.00.